The molecule has 0 saturated carbocycles. The molecule has 0 bridgehead atoms. The van der Waals surface area contributed by atoms with Gasteiger partial charge in [-0.1, -0.05) is 47.6 Å². The van der Waals surface area contributed by atoms with Crippen LogP contribution in [0, 0.1) is 0 Å². The minimum Gasteiger partial charge on any atom is -0.488 e. The first kappa shape index (κ1) is 20.2. The summed E-state index contributed by atoms with van der Waals surface area (Å²) in [7, 11) is 0. The van der Waals surface area contributed by atoms with Crippen LogP contribution in [0.1, 0.15) is 19.3 Å². The summed E-state index contributed by atoms with van der Waals surface area (Å²) >= 11 is 0. The van der Waals surface area contributed by atoms with Crippen molar-refractivity contribution in [2.75, 3.05) is 26.2 Å². The fraction of sp³-hybridized carbons (Fsp3) is 0.333. The molecule has 2 aromatic carbocycles. The number of para-hydroxylation sites is 1. The van der Waals surface area contributed by atoms with Gasteiger partial charge in [-0.15, -0.1) is 0 Å². The van der Waals surface area contributed by atoms with Crippen LogP contribution in [-0.4, -0.2) is 64.0 Å². The van der Waals surface area contributed by atoms with Crippen molar-refractivity contribution >= 4 is 11.8 Å². The minimum absolute atomic E-state index is 0.0240. The first-order valence-electron chi connectivity index (χ1n) is 10.9. The number of carbonyl (C=O) groups is 2. The van der Waals surface area contributed by atoms with E-state index in [0.717, 1.165) is 24.0 Å². The van der Waals surface area contributed by atoms with Crippen LogP contribution < -0.4 is 4.74 Å². The second-order valence-corrected chi connectivity index (χ2v) is 8.07. The molecule has 2 saturated heterocycles. The Balaban J connectivity index is 1.26. The van der Waals surface area contributed by atoms with Gasteiger partial charge in [0.2, 0.25) is 17.6 Å². The van der Waals surface area contributed by atoms with Crippen LogP contribution in [0.15, 0.2) is 59.1 Å². The standard InChI is InChI=1S/C24H24N4O4/c29-21-11-6-13-27(21)16-22(30)28-14-12-18(15-28)31-20-10-5-4-9-19(20)24-25-23(26-32-24)17-7-2-1-3-8-17/h1-5,7-10,18H,6,11-16H2. The number of aromatic nitrogens is 2. The monoisotopic (exact) mass is 432 g/mol. The quantitative estimate of drug-likeness (QED) is 0.595. The van der Waals surface area contributed by atoms with Gasteiger partial charge in [-0.05, 0) is 18.6 Å². The Morgan fingerprint density at radius 2 is 1.91 bits per heavy atom. The second kappa shape index (κ2) is 8.82. The fourth-order valence-electron chi connectivity index (χ4n) is 4.15. The van der Waals surface area contributed by atoms with E-state index >= 15 is 0 Å². The van der Waals surface area contributed by atoms with Gasteiger partial charge in [0, 0.05) is 31.5 Å². The molecule has 0 N–H and O–H groups in total. The van der Waals surface area contributed by atoms with E-state index in [1.165, 1.54) is 0 Å². The molecular weight excluding hydrogens is 408 g/mol. The van der Waals surface area contributed by atoms with Crippen LogP contribution in [0.5, 0.6) is 5.75 Å². The SMILES string of the molecule is O=C1CCCN1CC(=O)N1CCC(Oc2ccccc2-c2nc(-c3ccccc3)no2)C1. The zero-order valence-corrected chi connectivity index (χ0v) is 17.6. The zero-order valence-electron chi connectivity index (χ0n) is 17.6. The smallest absolute Gasteiger partial charge is 0.262 e. The van der Waals surface area contributed by atoms with Gasteiger partial charge in [0.15, 0.2) is 0 Å². The number of benzene rings is 2. The van der Waals surface area contributed by atoms with E-state index in [0.29, 0.717) is 43.5 Å². The lowest BCUT2D eigenvalue weighted by Crippen LogP contribution is -2.40. The van der Waals surface area contributed by atoms with Crippen molar-refractivity contribution < 1.29 is 18.8 Å². The predicted octanol–water partition coefficient (Wildman–Crippen LogP) is 3.01. The Kier molecular flexibility index (Phi) is 5.58. The van der Waals surface area contributed by atoms with Crippen LogP contribution in [0.25, 0.3) is 22.8 Å². The van der Waals surface area contributed by atoms with Crippen molar-refractivity contribution in [3.63, 3.8) is 0 Å². The number of nitrogens with zero attached hydrogens (tertiary/aromatic N) is 4. The topological polar surface area (TPSA) is 88.8 Å². The third kappa shape index (κ3) is 4.21. The highest BCUT2D eigenvalue weighted by atomic mass is 16.5. The highest BCUT2D eigenvalue weighted by Gasteiger charge is 2.31. The third-order valence-corrected chi connectivity index (χ3v) is 5.86. The Bertz CT molecular complexity index is 1110. The molecular formula is C24H24N4O4. The largest absolute Gasteiger partial charge is 0.488 e. The van der Waals surface area contributed by atoms with Crippen LogP contribution >= 0.6 is 0 Å². The Morgan fingerprint density at radius 3 is 2.72 bits per heavy atom. The van der Waals surface area contributed by atoms with E-state index in [1.54, 1.807) is 9.80 Å². The summed E-state index contributed by atoms with van der Waals surface area (Å²) in [5.74, 6) is 1.59. The molecule has 2 aliphatic heterocycles. The lowest BCUT2D eigenvalue weighted by atomic mass is 10.2. The summed E-state index contributed by atoms with van der Waals surface area (Å²) < 4.78 is 11.8. The van der Waals surface area contributed by atoms with Crippen molar-refractivity contribution in [2.24, 2.45) is 0 Å². The lowest BCUT2D eigenvalue weighted by Gasteiger charge is -2.21. The molecule has 0 radical (unpaired) electrons. The van der Waals surface area contributed by atoms with E-state index in [4.69, 9.17) is 9.26 Å². The maximum absolute atomic E-state index is 12.6. The first-order chi connectivity index (χ1) is 15.7. The lowest BCUT2D eigenvalue weighted by molar-refractivity contribution is -0.137. The molecule has 1 aromatic heterocycles. The van der Waals surface area contributed by atoms with Gasteiger partial charge in [0.1, 0.15) is 11.9 Å². The summed E-state index contributed by atoms with van der Waals surface area (Å²) in [4.78, 5) is 32.4. The van der Waals surface area contributed by atoms with Gasteiger partial charge < -0.3 is 19.1 Å². The molecule has 1 atom stereocenters. The average molecular weight is 432 g/mol. The van der Waals surface area contributed by atoms with Crippen molar-refractivity contribution in [2.45, 2.75) is 25.4 Å². The first-order valence-corrected chi connectivity index (χ1v) is 10.9. The van der Waals surface area contributed by atoms with Crippen LogP contribution in [0.4, 0.5) is 0 Å². The van der Waals surface area contributed by atoms with Gasteiger partial charge in [0.05, 0.1) is 18.7 Å². The van der Waals surface area contributed by atoms with E-state index in [2.05, 4.69) is 10.1 Å². The Morgan fingerprint density at radius 1 is 1.09 bits per heavy atom. The van der Waals surface area contributed by atoms with Crippen molar-refractivity contribution in [1.82, 2.24) is 19.9 Å². The molecule has 164 valence electrons. The molecule has 3 heterocycles. The summed E-state index contributed by atoms with van der Waals surface area (Å²) in [5.41, 5.74) is 1.59. The van der Waals surface area contributed by atoms with Crippen molar-refractivity contribution in [3.05, 3.63) is 54.6 Å². The van der Waals surface area contributed by atoms with Crippen LogP contribution in [-0.2, 0) is 9.59 Å². The number of rotatable bonds is 6. The number of likely N-dealkylation sites (tertiary alicyclic amines) is 2. The molecule has 2 fully saturated rings. The second-order valence-electron chi connectivity index (χ2n) is 8.07. The van der Waals surface area contributed by atoms with Crippen LogP contribution in [0.3, 0.4) is 0 Å². The number of hydrogen-bond donors (Lipinski definition) is 0. The molecule has 32 heavy (non-hydrogen) atoms. The highest BCUT2D eigenvalue weighted by molar-refractivity contribution is 5.86. The van der Waals surface area contributed by atoms with Gasteiger partial charge in [-0.25, -0.2) is 0 Å². The molecule has 3 aromatic rings. The number of amides is 2. The van der Waals surface area contributed by atoms with E-state index < -0.39 is 0 Å². The van der Waals surface area contributed by atoms with Crippen molar-refractivity contribution in [3.8, 4) is 28.6 Å². The molecule has 2 aliphatic rings. The molecule has 8 nitrogen and oxygen atoms in total. The maximum Gasteiger partial charge on any atom is 0.262 e. The Hall–Kier alpha value is -3.68. The van der Waals surface area contributed by atoms with E-state index in [1.807, 2.05) is 54.6 Å². The summed E-state index contributed by atoms with van der Waals surface area (Å²) in [6.45, 7) is 1.94. The van der Waals surface area contributed by atoms with Gasteiger partial charge in [-0.3, -0.25) is 9.59 Å². The van der Waals surface area contributed by atoms with Gasteiger partial charge in [0.25, 0.3) is 5.89 Å². The number of ether oxygens (including phenoxy) is 1. The molecule has 0 spiro atoms. The molecule has 0 aliphatic carbocycles. The predicted molar refractivity (Wildman–Crippen MR) is 117 cm³/mol. The van der Waals surface area contributed by atoms with E-state index in [9.17, 15) is 9.59 Å². The Labute approximate surface area is 185 Å². The maximum atomic E-state index is 12.6. The number of hydrogen-bond acceptors (Lipinski definition) is 6. The number of carbonyl (C=O) groups excluding carboxylic acids is 2. The molecule has 2 amide bonds. The molecule has 1 unspecified atom stereocenters. The van der Waals surface area contributed by atoms with Gasteiger partial charge >= 0.3 is 0 Å². The fourth-order valence-corrected chi connectivity index (χ4v) is 4.15. The molecule has 5 rings (SSSR count). The van der Waals surface area contributed by atoms with Crippen molar-refractivity contribution in [1.29, 1.82) is 0 Å². The summed E-state index contributed by atoms with van der Waals surface area (Å²) in [6.07, 6.45) is 1.96. The van der Waals surface area contributed by atoms with Gasteiger partial charge in [-0.2, -0.15) is 4.98 Å². The normalized spacial score (nSPS) is 18.4. The minimum atomic E-state index is -0.133. The molecule has 8 heteroatoms. The third-order valence-electron chi connectivity index (χ3n) is 5.86. The highest BCUT2D eigenvalue weighted by Crippen LogP contribution is 2.32. The zero-order chi connectivity index (χ0) is 21.9. The summed E-state index contributed by atoms with van der Waals surface area (Å²) in [5, 5.41) is 4.10. The average Bonchev–Trinajstić information content (AvgIpc) is 3.57. The van der Waals surface area contributed by atoms with E-state index in [-0.39, 0.29) is 24.5 Å². The van der Waals surface area contributed by atoms with Crippen LogP contribution in [0.2, 0.25) is 0 Å². The summed E-state index contributed by atoms with van der Waals surface area (Å²) in [6, 6.07) is 17.2.